The number of alkyl halides is 6. The van der Waals surface area contributed by atoms with E-state index in [2.05, 4.69) is 25.3 Å². The van der Waals surface area contributed by atoms with Crippen LogP contribution in [0.1, 0.15) is 34.0 Å². The van der Waals surface area contributed by atoms with Crippen LogP contribution in [0.3, 0.4) is 0 Å². The highest BCUT2D eigenvalue weighted by Gasteiger charge is 2.33. The Morgan fingerprint density at radius 1 is 0.872 bits per heavy atom. The van der Waals surface area contributed by atoms with Crippen molar-refractivity contribution in [3.63, 3.8) is 0 Å². The van der Waals surface area contributed by atoms with Gasteiger partial charge in [-0.2, -0.15) is 26.3 Å². The Kier molecular flexibility index (Phi) is 8.84. The minimum Gasteiger partial charge on any atom is -0.311 e. The van der Waals surface area contributed by atoms with Gasteiger partial charge in [0.25, 0.3) is 5.91 Å². The first-order chi connectivity index (χ1) is 18.2. The average Bonchev–Trinajstić information content (AvgIpc) is 2.86. The molecular weight excluding hydrogens is 552 g/mol. The van der Waals surface area contributed by atoms with Crippen LogP contribution in [0.25, 0.3) is 0 Å². The molecule has 8 nitrogen and oxygen atoms in total. The number of amides is 1. The summed E-state index contributed by atoms with van der Waals surface area (Å²) in [6.45, 7) is 0.859. The van der Waals surface area contributed by atoms with Gasteiger partial charge in [0, 0.05) is 5.56 Å². The summed E-state index contributed by atoms with van der Waals surface area (Å²) in [6.07, 6.45) is -9.29. The van der Waals surface area contributed by atoms with Gasteiger partial charge in [-0.3, -0.25) is 14.8 Å². The number of carbonyl (C=O) groups excluding carboxylic acids is 1. The molecule has 39 heavy (non-hydrogen) atoms. The number of hydrogen-bond donors (Lipinski definition) is 3. The summed E-state index contributed by atoms with van der Waals surface area (Å²) in [4.78, 5) is 20.8. The molecule has 2 aromatic carbocycles. The molecule has 0 radical (unpaired) electrons. The molecule has 1 aromatic heterocycles. The number of nitrogens with one attached hydrogen (secondary N) is 3. The Morgan fingerprint density at radius 2 is 1.51 bits per heavy atom. The van der Waals surface area contributed by atoms with Crippen molar-refractivity contribution in [3.8, 4) is 0 Å². The smallest absolute Gasteiger partial charge is 0.311 e. The van der Waals surface area contributed by atoms with Crippen LogP contribution in [0, 0.1) is 0 Å². The highest BCUT2D eigenvalue weighted by atomic mass is 32.2. The predicted octanol–water partition coefficient (Wildman–Crippen LogP) is 5.28. The van der Waals surface area contributed by atoms with Crippen LogP contribution in [0.4, 0.5) is 38.0 Å². The van der Waals surface area contributed by atoms with E-state index in [1.54, 1.807) is 0 Å². The minimum absolute atomic E-state index is 0.0399. The number of aliphatic imine (C=N–C) groups is 1. The second-order valence-corrected chi connectivity index (χ2v) is 9.90. The maximum Gasteiger partial charge on any atom is 0.416 e. The van der Waals surface area contributed by atoms with E-state index in [0.29, 0.717) is 12.1 Å². The number of nitrogens with zero attached hydrogens (tertiary/aromatic N) is 2. The largest absolute Gasteiger partial charge is 0.416 e. The maximum absolute atomic E-state index is 13.4. The molecule has 3 aromatic rings. The summed E-state index contributed by atoms with van der Waals surface area (Å²) < 4.78 is 105. The fraction of sp³-hybridized carbons (Fsp3) is 0.208. The number of pyridine rings is 1. The number of aromatic nitrogens is 1. The Bertz CT molecular complexity index is 1460. The van der Waals surface area contributed by atoms with Crippen LogP contribution < -0.4 is 15.4 Å². The zero-order chi connectivity index (χ0) is 28.8. The van der Waals surface area contributed by atoms with Crippen molar-refractivity contribution in [2.24, 2.45) is 4.99 Å². The third-order valence-electron chi connectivity index (χ3n) is 5.07. The fourth-order valence-corrected chi connectivity index (χ4v) is 3.69. The van der Waals surface area contributed by atoms with Crippen molar-refractivity contribution >= 4 is 33.5 Å². The number of sulfonamides is 1. The Morgan fingerprint density at radius 3 is 2.13 bits per heavy atom. The molecule has 1 heterocycles. The quantitative estimate of drug-likeness (QED) is 0.202. The molecule has 0 atom stereocenters. The van der Waals surface area contributed by atoms with Crippen molar-refractivity contribution in [1.82, 2.24) is 10.3 Å². The maximum atomic E-state index is 13.4. The van der Waals surface area contributed by atoms with E-state index < -0.39 is 46.0 Å². The molecule has 0 saturated carbocycles. The molecule has 3 rings (SSSR count). The molecule has 0 bridgehead atoms. The number of guanidine groups is 1. The second kappa shape index (κ2) is 11.7. The Balaban J connectivity index is 1.92. The van der Waals surface area contributed by atoms with Crippen LogP contribution in [0.15, 0.2) is 71.7 Å². The van der Waals surface area contributed by atoms with E-state index >= 15 is 0 Å². The van der Waals surface area contributed by atoms with Gasteiger partial charge in [0.15, 0.2) is 0 Å². The Hall–Kier alpha value is -4.14. The van der Waals surface area contributed by atoms with Gasteiger partial charge in [0.05, 0.1) is 23.4 Å². The van der Waals surface area contributed by atoms with Crippen LogP contribution in [0.2, 0.25) is 0 Å². The summed E-state index contributed by atoms with van der Waals surface area (Å²) in [6, 6.07) is 12.0. The summed E-state index contributed by atoms with van der Waals surface area (Å²) in [5, 5.41) is 4.90. The van der Waals surface area contributed by atoms with Gasteiger partial charge in [-0.05, 0) is 55.0 Å². The second-order valence-electron chi connectivity index (χ2n) is 7.89. The topological polar surface area (TPSA) is 113 Å². The van der Waals surface area contributed by atoms with Gasteiger partial charge >= 0.3 is 12.4 Å². The van der Waals surface area contributed by atoms with Crippen molar-refractivity contribution in [1.29, 1.82) is 0 Å². The third kappa shape index (κ3) is 8.43. The molecule has 0 fully saturated rings. The van der Waals surface area contributed by atoms with E-state index in [1.807, 2.05) is 0 Å². The average molecular weight is 574 g/mol. The van der Waals surface area contributed by atoms with E-state index in [1.165, 1.54) is 43.3 Å². The summed E-state index contributed by atoms with van der Waals surface area (Å²) in [5.74, 6) is -1.66. The summed E-state index contributed by atoms with van der Waals surface area (Å²) in [5.41, 5.74) is -2.34. The van der Waals surface area contributed by atoms with Crippen molar-refractivity contribution in [3.05, 3.63) is 89.0 Å². The molecule has 0 aliphatic heterocycles. The van der Waals surface area contributed by atoms with E-state index in [-0.39, 0.29) is 34.5 Å². The SMILES string of the molecule is CCS(=O)(=O)Nc1cccc(NC(=NCc2ccccc2C(F)(F)F)NC(=O)c2ccc(C(F)(F)F)cc2)n1. The Labute approximate surface area is 219 Å². The lowest BCUT2D eigenvalue weighted by Gasteiger charge is -2.14. The first-order valence-electron chi connectivity index (χ1n) is 11.1. The normalized spacial score (nSPS) is 12.6. The van der Waals surface area contributed by atoms with E-state index in [4.69, 9.17) is 0 Å². The number of anilines is 2. The number of benzene rings is 2. The number of carbonyl (C=O) groups is 1. The summed E-state index contributed by atoms with van der Waals surface area (Å²) in [7, 11) is -3.68. The monoisotopic (exact) mass is 573 g/mol. The number of rotatable bonds is 7. The number of halogens is 6. The lowest BCUT2D eigenvalue weighted by molar-refractivity contribution is -0.138. The predicted molar refractivity (Wildman–Crippen MR) is 132 cm³/mol. The zero-order valence-electron chi connectivity index (χ0n) is 20.1. The van der Waals surface area contributed by atoms with Crippen LogP contribution >= 0.6 is 0 Å². The van der Waals surface area contributed by atoms with Crippen LogP contribution in [-0.4, -0.2) is 31.0 Å². The molecule has 0 unspecified atom stereocenters. The standard InChI is InChI=1S/C24H21F6N5O3S/c1-2-39(37,38)35-20-9-5-8-19(32-20)33-22(31-14-16-6-3-4-7-18(16)24(28,29)30)34-21(36)15-10-12-17(13-11-15)23(25,26)27/h3-13H,2,14H2,1H3,(H3,31,32,33,34,35,36). The fourth-order valence-electron chi connectivity index (χ4n) is 3.11. The van der Waals surface area contributed by atoms with Gasteiger partial charge in [-0.25, -0.2) is 18.4 Å². The molecule has 0 spiro atoms. The zero-order valence-corrected chi connectivity index (χ0v) is 20.9. The van der Waals surface area contributed by atoms with Gasteiger partial charge < -0.3 is 5.32 Å². The molecule has 0 saturated heterocycles. The first kappa shape index (κ1) is 29.4. The van der Waals surface area contributed by atoms with Crippen molar-refractivity contribution in [2.45, 2.75) is 25.8 Å². The van der Waals surface area contributed by atoms with Gasteiger partial charge in [0.1, 0.15) is 11.6 Å². The molecule has 1 amide bonds. The third-order valence-corrected chi connectivity index (χ3v) is 6.35. The molecule has 15 heteroatoms. The van der Waals surface area contributed by atoms with Crippen molar-refractivity contribution in [2.75, 3.05) is 15.8 Å². The lowest BCUT2D eigenvalue weighted by Crippen LogP contribution is -2.36. The van der Waals surface area contributed by atoms with Gasteiger partial charge in [-0.1, -0.05) is 24.3 Å². The van der Waals surface area contributed by atoms with Crippen LogP contribution in [-0.2, 0) is 28.9 Å². The van der Waals surface area contributed by atoms with Gasteiger partial charge in [-0.15, -0.1) is 0 Å². The lowest BCUT2D eigenvalue weighted by atomic mass is 10.1. The highest BCUT2D eigenvalue weighted by molar-refractivity contribution is 7.92. The van der Waals surface area contributed by atoms with Crippen LogP contribution in [0.5, 0.6) is 0 Å². The van der Waals surface area contributed by atoms with Crippen molar-refractivity contribution < 1.29 is 39.6 Å². The minimum atomic E-state index is -4.67. The molecule has 3 N–H and O–H groups in total. The molecule has 208 valence electrons. The molecular formula is C24H21F6N5O3S. The first-order valence-corrected chi connectivity index (χ1v) is 12.8. The molecule has 0 aliphatic carbocycles. The highest BCUT2D eigenvalue weighted by Crippen LogP contribution is 2.32. The van der Waals surface area contributed by atoms with E-state index in [9.17, 15) is 39.6 Å². The van der Waals surface area contributed by atoms with Gasteiger partial charge in [0.2, 0.25) is 16.0 Å². The summed E-state index contributed by atoms with van der Waals surface area (Å²) >= 11 is 0. The molecule has 0 aliphatic rings. The number of hydrogen-bond acceptors (Lipinski definition) is 5. The van der Waals surface area contributed by atoms with E-state index in [0.717, 1.165) is 18.2 Å².